The SMILES string of the molecule is CC(=O)O[C@H](C)c1c(C)cc(C)cc1C. The molecule has 0 aliphatic carbocycles. The Morgan fingerprint density at radius 1 is 1.20 bits per heavy atom. The molecule has 2 heteroatoms. The summed E-state index contributed by atoms with van der Waals surface area (Å²) in [6.45, 7) is 9.52. The molecule has 15 heavy (non-hydrogen) atoms. The summed E-state index contributed by atoms with van der Waals surface area (Å²) in [4.78, 5) is 10.9. The van der Waals surface area contributed by atoms with Crippen LogP contribution in [0.4, 0.5) is 0 Å². The highest BCUT2D eigenvalue weighted by Crippen LogP contribution is 2.25. The largest absolute Gasteiger partial charge is 0.458 e. The van der Waals surface area contributed by atoms with Crippen molar-refractivity contribution in [1.82, 2.24) is 0 Å². The van der Waals surface area contributed by atoms with E-state index >= 15 is 0 Å². The van der Waals surface area contributed by atoms with Gasteiger partial charge in [0.15, 0.2) is 0 Å². The Labute approximate surface area is 91.3 Å². The quantitative estimate of drug-likeness (QED) is 0.694. The third-order valence-corrected chi connectivity index (χ3v) is 2.49. The Morgan fingerprint density at radius 2 is 1.67 bits per heavy atom. The second-order valence-electron chi connectivity index (χ2n) is 4.06. The zero-order valence-corrected chi connectivity index (χ0v) is 10.0. The maximum absolute atomic E-state index is 10.9. The summed E-state index contributed by atoms with van der Waals surface area (Å²) in [5.74, 6) is -0.234. The number of esters is 1. The van der Waals surface area contributed by atoms with Gasteiger partial charge < -0.3 is 4.74 Å². The first kappa shape index (κ1) is 11.8. The van der Waals surface area contributed by atoms with E-state index in [1.54, 1.807) is 0 Å². The van der Waals surface area contributed by atoms with Crippen molar-refractivity contribution in [2.75, 3.05) is 0 Å². The predicted octanol–water partition coefficient (Wildman–Crippen LogP) is 3.24. The van der Waals surface area contributed by atoms with Crippen molar-refractivity contribution < 1.29 is 9.53 Å². The molecule has 0 saturated carbocycles. The molecule has 82 valence electrons. The molecule has 0 radical (unpaired) electrons. The van der Waals surface area contributed by atoms with Crippen LogP contribution >= 0.6 is 0 Å². The smallest absolute Gasteiger partial charge is 0.303 e. The van der Waals surface area contributed by atoms with Crippen LogP contribution in [-0.4, -0.2) is 5.97 Å². The second-order valence-corrected chi connectivity index (χ2v) is 4.06. The van der Waals surface area contributed by atoms with Gasteiger partial charge >= 0.3 is 5.97 Å². The Bertz CT molecular complexity index is 357. The highest BCUT2D eigenvalue weighted by molar-refractivity contribution is 5.66. The fraction of sp³-hybridized carbons (Fsp3) is 0.462. The van der Waals surface area contributed by atoms with E-state index in [4.69, 9.17) is 4.74 Å². The van der Waals surface area contributed by atoms with Crippen molar-refractivity contribution in [2.24, 2.45) is 0 Å². The van der Waals surface area contributed by atoms with Gasteiger partial charge in [0.25, 0.3) is 0 Å². The number of aryl methyl sites for hydroxylation is 3. The van der Waals surface area contributed by atoms with Crippen molar-refractivity contribution in [3.63, 3.8) is 0 Å². The molecule has 1 aromatic carbocycles. The third kappa shape index (κ3) is 2.82. The van der Waals surface area contributed by atoms with Crippen LogP contribution < -0.4 is 0 Å². The van der Waals surface area contributed by atoms with E-state index in [-0.39, 0.29) is 12.1 Å². The molecule has 1 atom stereocenters. The van der Waals surface area contributed by atoms with E-state index in [2.05, 4.69) is 32.9 Å². The van der Waals surface area contributed by atoms with Crippen LogP contribution in [0.15, 0.2) is 12.1 Å². The number of carbonyl (C=O) groups is 1. The van der Waals surface area contributed by atoms with Crippen molar-refractivity contribution in [3.05, 3.63) is 34.4 Å². The summed E-state index contributed by atoms with van der Waals surface area (Å²) in [7, 11) is 0. The molecule has 0 fully saturated rings. The topological polar surface area (TPSA) is 26.3 Å². The maximum atomic E-state index is 10.9. The third-order valence-electron chi connectivity index (χ3n) is 2.49. The molecule has 0 saturated heterocycles. The van der Waals surface area contributed by atoms with Gasteiger partial charge in [-0.2, -0.15) is 0 Å². The van der Waals surface area contributed by atoms with Gasteiger partial charge in [-0.05, 0) is 44.4 Å². The van der Waals surface area contributed by atoms with Crippen LogP contribution in [0.2, 0.25) is 0 Å². The molecular formula is C13H18O2. The van der Waals surface area contributed by atoms with Crippen molar-refractivity contribution >= 4 is 5.97 Å². The molecule has 0 unspecified atom stereocenters. The fourth-order valence-electron chi connectivity index (χ4n) is 2.14. The van der Waals surface area contributed by atoms with E-state index in [0.29, 0.717) is 0 Å². The average molecular weight is 206 g/mol. The lowest BCUT2D eigenvalue weighted by Gasteiger charge is -2.18. The molecule has 0 heterocycles. The van der Waals surface area contributed by atoms with Crippen LogP contribution in [0.1, 0.15) is 42.2 Å². The van der Waals surface area contributed by atoms with Gasteiger partial charge in [0.05, 0.1) is 0 Å². The second kappa shape index (κ2) is 4.47. The Hall–Kier alpha value is -1.31. The normalized spacial score (nSPS) is 12.3. The van der Waals surface area contributed by atoms with Crippen molar-refractivity contribution in [3.8, 4) is 0 Å². The average Bonchev–Trinajstić information content (AvgIpc) is 1.99. The summed E-state index contributed by atoms with van der Waals surface area (Å²) in [5, 5.41) is 0. The van der Waals surface area contributed by atoms with Gasteiger partial charge in [-0.1, -0.05) is 17.7 Å². The van der Waals surface area contributed by atoms with Crippen molar-refractivity contribution in [2.45, 2.75) is 40.7 Å². The lowest BCUT2D eigenvalue weighted by Crippen LogP contribution is -2.08. The molecule has 0 N–H and O–H groups in total. The lowest BCUT2D eigenvalue weighted by atomic mass is 9.96. The van der Waals surface area contributed by atoms with Crippen LogP contribution in [0.25, 0.3) is 0 Å². The van der Waals surface area contributed by atoms with Gasteiger partial charge in [-0.25, -0.2) is 0 Å². The molecule has 0 aromatic heterocycles. The van der Waals surface area contributed by atoms with Gasteiger partial charge in [0, 0.05) is 6.92 Å². The Kier molecular flexibility index (Phi) is 3.51. The maximum Gasteiger partial charge on any atom is 0.303 e. The van der Waals surface area contributed by atoms with E-state index in [9.17, 15) is 4.79 Å². The number of benzene rings is 1. The zero-order chi connectivity index (χ0) is 11.6. The summed E-state index contributed by atoms with van der Waals surface area (Å²) in [6, 6.07) is 4.23. The molecule has 0 aliphatic rings. The molecule has 0 aliphatic heterocycles. The summed E-state index contributed by atoms with van der Waals surface area (Å²) < 4.78 is 5.20. The highest BCUT2D eigenvalue weighted by Gasteiger charge is 2.14. The molecule has 0 spiro atoms. The summed E-state index contributed by atoms with van der Waals surface area (Å²) in [6.07, 6.45) is -0.164. The fourth-order valence-corrected chi connectivity index (χ4v) is 2.14. The van der Waals surface area contributed by atoms with Gasteiger partial charge in [0.1, 0.15) is 6.10 Å². The van der Waals surface area contributed by atoms with Crippen molar-refractivity contribution in [1.29, 1.82) is 0 Å². The number of hydrogen-bond acceptors (Lipinski definition) is 2. The minimum absolute atomic E-state index is 0.164. The predicted molar refractivity (Wildman–Crippen MR) is 60.8 cm³/mol. The van der Waals surface area contributed by atoms with Crippen LogP contribution in [0, 0.1) is 20.8 Å². The van der Waals surface area contributed by atoms with Gasteiger partial charge in [0.2, 0.25) is 0 Å². The first-order valence-corrected chi connectivity index (χ1v) is 5.16. The minimum Gasteiger partial charge on any atom is -0.458 e. The summed E-state index contributed by atoms with van der Waals surface area (Å²) >= 11 is 0. The van der Waals surface area contributed by atoms with Crippen LogP contribution in [0.3, 0.4) is 0 Å². The molecule has 0 amide bonds. The number of ether oxygens (including phenoxy) is 1. The Morgan fingerprint density at radius 3 is 2.07 bits per heavy atom. The first-order valence-electron chi connectivity index (χ1n) is 5.16. The highest BCUT2D eigenvalue weighted by atomic mass is 16.5. The Balaban J connectivity index is 3.08. The molecule has 0 bridgehead atoms. The zero-order valence-electron chi connectivity index (χ0n) is 10.0. The van der Waals surface area contributed by atoms with E-state index in [1.165, 1.54) is 23.6 Å². The van der Waals surface area contributed by atoms with Crippen LogP contribution in [0.5, 0.6) is 0 Å². The number of carbonyl (C=O) groups excluding carboxylic acids is 1. The van der Waals surface area contributed by atoms with Gasteiger partial charge in [-0.15, -0.1) is 0 Å². The van der Waals surface area contributed by atoms with E-state index in [0.717, 1.165) is 5.56 Å². The molecule has 2 nitrogen and oxygen atoms in total. The van der Waals surface area contributed by atoms with Gasteiger partial charge in [-0.3, -0.25) is 4.79 Å². The monoisotopic (exact) mass is 206 g/mol. The van der Waals surface area contributed by atoms with E-state index < -0.39 is 0 Å². The molecular weight excluding hydrogens is 188 g/mol. The van der Waals surface area contributed by atoms with E-state index in [1.807, 2.05) is 6.92 Å². The van der Waals surface area contributed by atoms with Crippen LogP contribution in [-0.2, 0) is 9.53 Å². The minimum atomic E-state index is -0.234. The number of rotatable bonds is 2. The molecule has 1 rings (SSSR count). The first-order chi connectivity index (χ1) is 6.91. The lowest BCUT2D eigenvalue weighted by molar-refractivity contribution is -0.145. The summed E-state index contributed by atoms with van der Waals surface area (Å²) in [5.41, 5.74) is 4.72. The number of hydrogen-bond donors (Lipinski definition) is 0. The standard InChI is InChI=1S/C13H18O2/c1-8-6-9(2)13(10(3)7-8)11(4)15-12(5)14/h6-7,11H,1-5H3/t11-/m1/s1. The molecule has 1 aromatic rings.